The lowest BCUT2D eigenvalue weighted by Crippen LogP contribution is -2.57. The van der Waals surface area contributed by atoms with E-state index in [1.165, 1.54) is 12.0 Å². The summed E-state index contributed by atoms with van der Waals surface area (Å²) >= 11 is 0. The van der Waals surface area contributed by atoms with Crippen LogP contribution < -0.4 is 14.8 Å². The molecule has 0 radical (unpaired) electrons. The molecule has 2 aliphatic rings. The van der Waals surface area contributed by atoms with Crippen molar-refractivity contribution in [1.82, 2.24) is 15.2 Å². The Kier molecular flexibility index (Phi) is 10.7. The molecular formula is C33H47N3O7. The van der Waals surface area contributed by atoms with E-state index in [4.69, 9.17) is 23.9 Å². The average Bonchev–Trinajstić information content (AvgIpc) is 3.64. The van der Waals surface area contributed by atoms with Gasteiger partial charge in [0.05, 0.1) is 32.0 Å². The van der Waals surface area contributed by atoms with Gasteiger partial charge in [-0.15, -0.1) is 0 Å². The van der Waals surface area contributed by atoms with Crippen LogP contribution in [0.3, 0.4) is 0 Å². The van der Waals surface area contributed by atoms with Crippen molar-refractivity contribution in [3.63, 3.8) is 0 Å². The van der Waals surface area contributed by atoms with Gasteiger partial charge in [0.15, 0.2) is 0 Å². The van der Waals surface area contributed by atoms with Gasteiger partial charge in [0.2, 0.25) is 5.91 Å². The van der Waals surface area contributed by atoms with Gasteiger partial charge in [-0.2, -0.15) is 0 Å². The first-order valence-electron chi connectivity index (χ1n) is 15.5. The van der Waals surface area contributed by atoms with E-state index in [9.17, 15) is 14.4 Å². The summed E-state index contributed by atoms with van der Waals surface area (Å²) < 4.78 is 22.6. The highest BCUT2D eigenvalue weighted by atomic mass is 16.6. The number of methoxy groups -OCH3 is 2. The van der Waals surface area contributed by atoms with Gasteiger partial charge in [-0.3, -0.25) is 4.79 Å². The SMILES string of the molecule is CCCCCc1nc2ccc(OC)cc2cc1O[C@@H]1C[C@@H](C(=O)OC)N(C(=O)[C@@H](NC(=O)OC2CCCC2)C(C)(C)C)C1. The van der Waals surface area contributed by atoms with Crippen LogP contribution in [-0.4, -0.2) is 72.9 Å². The molecule has 1 aliphatic carbocycles. The minimum atomic E-state index is -0.910. The van der Waals surface area contributed by atoms with Gasteiger partial charge < -0.3 is 29.2 Å². The fourth-order valence-corrected chi connectivity index (χ4v) is 5.91. The number of aryl methyl sites for hydroxylation is 1. The number of ether oxygens (including phenoxy) is 4. The minimum Gasteiger partial charge on any atom is -0.497 e. The van der Waals surface area contributed by atoms with E-state index in [-0.39, 0.29) is 25.0 Å². The van der Waals surface area contributed by atoms with Crippen LogP contribution in [0.5, 0.6) is 11.5 Å². The number of carbonyl (C=O) groups is 3. The zero-order valence-corrected chi connectivity index (χ0v) is 26.4. The Hall–Kier alpha value is -3.56. The van der Waals surface area contributed by atoms with Crippen molar-refractivity contribution in [2.45, 2.75) is 110 Å². The second kappa shape index (κ2) is 14.3. The van der Waals surface area contributed by atoms with Gasteiger partial charge in [0.25, 0.3) is 0 Å². The maximum absolute atomic E-state index is 14.0. The number of alkyl carbamates (subject to hydrolysis) is 1. The summed E-state index contributed by atoms with van der Waals surface area (Å²) in [5.74, 6) is 0.451. The van der Waals surface area contributed by atoms with E-state index >= 15 is 0 Å². The summed E-state index contributed by atoms with van der Waals surface area (Å²) in [4.78, 5) is 46.2. The number of hydrogen-bond acceptors (Lipinski definition) is 8. The second-order valence-corrected chi connectivity index (χ2v) is 12.7. The van der Waals surface area contributed by atoms with Gasteiger partial charge in [0.1, 0.15) is 35.8 Å². The predicted molar refractivity (Wildman–Crippen MR) is 163 cm³/mol. The highest BCUT2D eigenvalue weighted by Gasteiger charge is 2.46. The zero-order valence-electron chi connectivity index (χ0n) is 26.4. The Balaban J connectivity index is 1.58. The Bertz CT molecular complexity index is 1290. The van der Waals surface area contributed by atoms with Crippen molar-refractivity contribution in [2.24, 2.45) is 5.41 Å². The molecule has 2 aromatic rings. The standard InChI is InChI=1S/C33H47N3O7/c1-7-8-9-14-26-28(18-21-17-23(40-5)15-16-25(21)34-26)42-24-19-27(31(38)41-6)36(20-24)30(37)29(33(2,3)4)35-32(39)43-22-12-10-11-13-22/h15-18,22,24,27,29H,7-14,19-20H2,1-6H3,(H,35,39)/t24-,27+,29-/m1/s1. The maximum Gasteiger partial charge on any atom is 0.408 e. The lowest BCUT2D eigenvalue weighted by molar-refractivity contribution is -0.152. The number of rotatable bonds is 11. The number of fused-ring (bicyclic) bond motifs is 1. The summed E-state index contributed by atoms with van der Waals surface area (Å²) in [6, 6.07) is 5.93. The van der Waals surface area contributed by atoms with Crippen LogP contribution in [0, 0.1) is 5.41 Å². The van der Waals surface area contributed by atoms with E-state index in [0.29, 0.717) is 5.75 Å². The van der Waals surface area contributed by atoms with E-state index in [1.807, 2.05) is 45.0 Å². The van der Waals surface area contributed by atoms with Gasteiger partial charge >= 0.3 is 12.1 Å². The summed E-state index contributed by atoms with van der Waals surface area (Å²) in [6.45, 7) is 7.94. The maximum atomic E-state index is 14.0. The smallest absolute Gasteiger partial charge is 0.408 e. The highest BCUT2D eigenvalue weighted by molar-refractivity contribution is 5.91. The molecule has 1 aromatic carbocycles. The second-order valence-electron chi connectivity index (χ2n) is 12.7. The normalized spacial score (nSPS) is 19.7. The topological polar surface area (TPSA) is 116 Å². The van der Waals surface area contributed by atoms with Crippen molar-refractivity contribution in [3.8, 4) is 11.5 Å². The van der Waals surface area contributed by atoms with Crippen LogP contribution >= 0.6 is 0 Å². The molecule has 1 N–H and O–H groups in total. The minimum absolute atomic E-state index is 0.134. The number of carbonyl (C=O) groups excluding carboxylic acids is 3. The molecule has 0 bridgehead atoms. The van der Waals surface area contributed by atoms with Crippen LogP contribution in [0.4, 0.5) is 4.79 Å². The van der Waals surface area contributed by atoms with Crippen LogP contribution in [0.25, 0.3) is 10.9 Å². The number of likely N-dealkylation sites (tertiary alicyclic amines) is 1. The monoisotopic (exact) mass is 597 g/mol. The fourth-order valence-electron chi connectivity index (χ4n) is 5.91. The fraction of sp³-hybridized carbons (Fsp3) is 0.636. The molecule has 1 saturated heterocycles. The Labute approximate surface area is 254 Å². The summed E-state index contributed by atoms with van der Waals surface area (Å²) in [5, 5.41) is 3.68. The third-order valence-electron chi connectivity index (χ3n) is 8.34. The molecule has 2 fully saturated rings. The number of amides is 2. The van der Waals surface area contributed by atoms with Crippen LogP contribution in [0.15, 0.2) is 24.3 Å². The van der Waals surface area contributed by atoms with Gasteiger partial charge in [-0.05, 0) is 68.2 Å². The number of esters is 1. The Morgan fingerprint density at radius 1 is 1.07 bits per heavy atom. The number of unbranched alkanes of at least 4 members (excludes halogenated alkanes) is 2. The molecule has 43 heavy (non-hydrogen) atoms. The molecule has 2 amide bonds. The first-order chi connectivity index (χ1) is 20.5. The predicted octanol–water partition coefficient (Wildman–Crippen LogP) is 5.58. The molecule has 1 saturated carbocycles. The molecular weight excluding hydrogens is 550 g/mol. The van der Waals surface area contributed by atoms with E-state index in [2.05, 4.69) is 12.2 Å². The molecule has 0 spiro atoms. The van der Waals surface area contributed by atoms with Crippen molar-refractivity contribution < 1.29 is 33.3 Å². The number of benzene rings is 1. The highest BCUT2D eigenvalue weighted by Crippen LogP contribution is 2.32. The number of pyridine rings is 1. The van der Waals surface area contributed by atoms with Crippen LogP contribution in [0.2, 0.25) is 0 Å². The summed E-state index contributed by atoms with van der Waals surface area (Å²) in [5.41, 5.74) is 1.05. The lowest BCUT2D eigenvalue weighted by atomic mass is 9.85. The number of aromatic nitrogens is 1. The van der Waals surface area contributed by atoms with E-state index < -0.39 is 35.7 Å². The van der Waals surface area contributed by atoms with Gasteiger partial charge in [0, 0.05) is 11.8 Å². The van der Waals surface area contributed by atoms with Gasteiger partial charge in [-0.25, -0.2) is 14.6 Å². The third kappa shape index (κ3) is 8.09. The van der Waals surface area contributed by atoms with Crippen LogP contribution in [0.1, 0.15) is 84.8 Å². The largest absolute Gasteiger partial charge is 0.497 e. The number of hydrogen-bond donors (Lipinski definition) is 1. The van der Waals surface area contributed by atoms with E-state index in [0.717, 1.165) is 73.7 Å². The molecule has 10 nitrogen and oxygen atoms in total. The quantitative estimate of drug-likeness (QED) is 0.264. The van der Waals surface area contributed by atoms with Gasteiger partial charge in [-0.1, -0.05) is 40.5 Å². The Morgan fingerprint density at radius 2 is 1.81 bits per heavy atom. The van der Waals surface area contributed by atoms with Crippen molar-refractivity contribution in [1.29, 1.82) is 0 Å². The number of nitrogens with zero attached hydrogens (tertiary/aromatic N) is 2. The van der Waals surface area contributed by atoms with Crippen LogP contribution in [-0.2, 0) is 25.5 Å². The first kappa shape index (κ1) is 32.4. The molecule has 10 heteroatoms. The Morgan fingerprint density at radius 3 is 2.47 bits per heavy atom. The molecule has 4 rings (SSSR count). The number of nitrogens with one attached hydrogen (secondary N) is 1. The molecule has 2 heterocycles. The molecule has 236 valence electrons. The molecule has 3 atom stereocenters. The molecule has 1 aliphatic heterocycles. The van der Waals surface area contributed by atoms with Crippen molar-refractivity contribution in [2.75, 3.05) is 20.8 Å². The van der Waals surface area contributed by atoms with E-state index in [1.54, 1.807) is 7.11 Å². The molecule has 0 unspecified atom stereocenters. The lowest BCUT2D eigenvalue weighted by Gasteiger charge is -2.35. The van der Waals surface area contributed by atoms with Crippen molar-refractivity contribution >= 4 is 28.9 Å². The first-order valence-corrected chi connectivity index (χ1v) is 15.5. The molecule has 1 aromatic heterocycles. The zero-order chi connectivity index (χ0) is 31.1. The average molecular weight is 598 g/mol. The third-order valence-corrected chi connectivity index (χ3v) is 8.34. The summed E-state index contributed by atoms with van der Waals surface area (Å²) in [6.07, 6.45) is 6.61. The van der Waals surface area contributed by atoms with Crippen molar-refractivity contribution in [3.05, 3.63) is 30.0 Å². The summed E-state index contributed by atoms with van der Waals surface area (Å²) in [7, 11) is 2.93.